The van der Waals surface area contributed by atoms with Gasteiger partial charge in [0, 0.05) is 18.2 Å². The molecular weight excluding hydrogens is 260 g/mol. The Kier molecular flexibility index (Phi) is 4.51. The van der Waals surface area contributed by atoms with E-state index < -0.39 is 0 Å². The van der Waals surface area contributed by atoms with Gasteiger partial charge in [0.2, 0.25) is 0 Å². The number of hydrogen-bond donors (Lipinski definition) is 1. The lowest BCUT2D eigenvalue weighted by Gasteiger charge is -2.32. The molecule has 110 valence electrons. The van der Waals surface area contributed by atoms with Crippen LogP contribution in [0.15, 0.2) is 48.7 Å². The van der Waals surface area contributed by atoms with Crippen LogP contribution >= 0.6 is 0 Å². The molecule has 2 atom stereocenters. The lowest BCUT2D eigenvalue weighted by Crippen LogP contribution is -2.38. The molecule has 1 aromatic carbocycles. The van der Waals surface area contributed by atoms with Crippen LogP contribution < -0.4 is 10.1 Å². The molecule has 2 unspecified atom stereocenters. The van der Waals surface area contributed by atoms with Gasteiger partial charge in [0.05, 0.1) is 12.8 Å². The van der Waals surface area contributed by atoms with Gasteiger partial charge in [-0.3, -0.25) is 4.98 Å². The first-order chi connectivity index (χ1) is 10.3. The van der Waals surface area contributed by atoms with Crippen molar-refractivity contribution in [2.75, 3.05) is 19.7 Å². The van der Waals surface area contributed by atoms with E-state index in [1.165, 1.54) is 12.0 Å². The molecule has 1 aliphatic rings. The number of ether oxygens (including phenoxy) is 1. The van der Waals surface area contributed by atoms with E-state index in [-0.39, 0.29) is 0 Å². The maximum Gasteiger partial charge on any atom is 0.137 e. The topological polar surface area (TPSA) is 34.1 Å². The number of aromatic nitrogens is 1. The van der Waals surface area contributed by atoms with Crippen LogP contribution in [0, 0.1) is 12.8 Å². The van der Waals surface area contributed by atoms with Gasteiger partial charge in [-0.15, -0.1) is 0 Å². The molecule has 3 nitrogen and oxygen atoms in total. The summed E-state index contributed by atoms with van der Waals surface area (Å²) in [7, 11) is 0. The molecule has 1 fully saturated rings. The van der Waals surface area contributed by atoms with Crippen molar-refractivity contribution in [2.24, 2.45) is 5.92 Å². The summed E-state index contributed by atoms with van der Waals surface area (Å²) in [6.45, 7) is 4.82. The van der Waals surface area contributed by atoms with Crippen LogP contribution in [-0.2, 0) is 0 Å². The first kappa shape index (κ1) is 14.1. The summed E-state index contributed by atoms with van der Waals surface area (Å²) in [6, 6.07) is 14.8. The molecule has 1 saturated heterocycles. The Hall–Kier alpha value is -1.87. The molecule has 2 heterocycles. The first-order valence-electron chi connectivity index (χ1n) is 7.64. The van der Waals surface area contributed by atoms with Crippen LogP contribution in [-0.4, -0.2) is 24.7 Å². The number of benzene rings is 1. The fourth-order valence-electron chi connectivity index (χ4n) is 2.98. The zero-order chi connectivity index (χ0) is 14.5. The van der Waals surface area contributed by atoms with Crippen molar-refractivity contribution >= 4 is 0 Å². The molecule has 3 rings (SSSR count). The molecule has 0 aliphatic carbocycles. The first-order valence-corrected chi connectivity index (χ1v) is 7.64. The van der Waals surface area contributed by atoms with E-state index >= 15 is 0 Å². The Morgan fingerprint density at radius 3 is 2.81 bits per heavy atom. The van der Waals surface area contributed by atoms with Crippen LogP contribution in [0.4, 0.5) is 0 Å². The van der Waals surface area contributed by atoms with Crippen molar-refractivity contribution in [3.8, 4) is 5.75 Å². The lowest BCUT2D eigenvalue weighted by atomic mass is 9.81. The molecule has 0 saturated carbocycles. The van der Waals surface area contributed by atoms with E-state index in [2.05, 4.69) is 40.6 Å². The molecule has 21 heavy (non-hydrogen) atoms. The summed E-state index contributed by atoms with van der Waals surface area (Å²) in [5, 5.41) is 3.48. The molecule has 1 aliphatic heterocycles. The highest BCUT2D eigenvalue weighted by Crippen LogP contribution is 2.30. The van der Waals surface area contributed by atoms with Gasteiger partial charge in [-0.25, -0.2) is 0 Å². The predicted octanol–water partition coefficient (Wildman–Crippen LogP) is 3.16. The predicted molar refractivity (Wildman–Crippen MR) is 84.6 cm³/mol. The Bertz CT molecular complexity index is 553. The highest BCUT2D eigenvalue weighted by atomic mass is 16.5. The van der Waals surface area contributed by atoms with Crippen molar-refractivity contribution in [3.63, 3.8) is 0 Å². The summed E-state index contributed by atoms with van der Waals surface area (Å²) in [5.74, 6) is 1.94. The van der Waals surface area contributed by atoms with Gasteiger partial charge in [0.15, 0.2) is 0 Å². The van der Waals surface area contributed by atoms with Crippen molar-refractivity contribution in [1.29, 1.82) is 0 Å². The molecule has 1 aromatic heterocycles. The zero-order valence-corrected chi connectivity index (χ0v) is 12.5. The standard InChI is InChI=1S/C18H22N2O/c1-14-7-8-17(12-20-14)21-13-16-11-19-10-9-18(16)15-5-3-2-4-6-15/h2-8,12,16,18-19H,9-11,13H2,1H3. The molecule has 0 amide bonds. The fraction of sp³-hybridized carbons (Fsp3) is 0.389. The van der Waals surface area contributed by atoms with Gasteiger partial charge in [0.1, 0.15) is 5.75 Å². The molecule has 0 bridgehead atoms. The fourth-order valence-corrected chi connectivity index (χ4v) is 2.98. The van der Waals surface area contributed by atoms with Crippen LogP contribution in [0.2, 0.25) is 0 Å². The Balaban J connectivity index is 1.66. The highest BCUT2D eigenvalue weighted by Gasteiger charge is 2.26. The van der Waals surface area contributed by atoms with E-state index in [0.717, 1.165) is 31.1 Å². The summed E-state index contributed by atoms with van der Waals surface area (Å²) >= 11 is 0. The number of piperidine rings is 1. The minimum Gasteiger partial charge on any atom is -0.492 e. The van der Waals surface area contributed by atoms with E-state index in [1.54, 1.807) is 0 Å². The number of nitrogens with zero attached hydrogens (tertiary/aromatic N) is 1. The second kappa shape index (κ2) is 6.72. The van der Waals surface area contributed by atoms with Crippen LogP contribution in [0.5, 0.6) is 5.75 Å². The van der Waals surface area contributed by atoms with Gasteiger partial charge in [-0.2, -0.15) is 0 Å². The average molecular weight is 282 g/mol. The van der Waals surface area contributed by atoms with Gasteiger partial charge in [-0.1, -0.05) is 30.3 Å². The molecular formula is C18H22N2O. The van der Waals surface area contributed by atoms with E-state index in [9.17, 15) is 0 Å². The van der Waals surface area contributed by atoms with Crippen LogP contribution in [0.25, 0.3) is 0 Å². The average Bonchev–Trinajstić information content (AvgIpc) is 2.55. The lowest BCUT2D eigenvalue weighted by molar-refractivity contribution is 0.196. The Labute approximate surface area is 126 Å². The number of nitrogens with one attached hydrogen (secondary N) is 1. The summed E-state index contributed by atoms with van der Waals surface area (Å²) in [5.41, 5.74) is 2.44. The normalized spacial score (nSPS) is 22.0. The third kappa shape index (κ3) is 3.61. The smallest absolute Gasteiger partial charge is 0.137 e. The van der Waals surface area contributed by atoms with Gasteiger partial charge in [-0.05, 0) is 43.5 Å². The van der Waals surface area contributed by atoms with E-state index in [0.29, 0.717) is 11.8 Å². The molecule has 0 spiro atoms. The van der Waals surface area contributed by atoms with Gasteiger partial charge in [0.25, 0.3) is 0 Å². The quantitative estimate of drug-likeness (QED) is 0.935. The number of rotatable bonds is 4. The minimum atomic E-state index is 0.502. The third-order valence-electron chi connectivity index (χ3n) is 4.18. The largest absolute Gasteiger partial charge is 0.492 e. The summed E-state index contributed by atoms with van der Waals surface area (Å²) < 4.78 is 5.95. The number of hydrogen-bond acceptors (Lipinski definition) is 3. The van der Waals surface area contributed by atoms with Gasteiger partial charge < -0.3 is 10.1 Å². The zero-order valence-electron chi connectivity index (χ0n) is 12.5. The molecule has 2 aromatic rings. The van der Waals surface area contributed by atoms with E-state index in [1.807, 2.05) is 25.3 Å². The van der Waals surface area contributed by atoms with Crippen molar-refractivity contribution in [1.82, 2.24) is 10.3 Å². The van der Waals surface area contributed by atoms with Crippen molar-refractivity contribution in [3.05, 3.63) is 59.9 Å². The second-order valence-electron chi connectivity index (χ2n) is 5.72. The Morgan fingerprint density at radius 2 is 2.05 bits per heavy atom. The van der Waals surface area contributed by atoms with Crippen LogP contribution in [0.3, 0.4) is 0 Å². The monoisotopic (exact) mass is 282 g/mol. The third-order valence-corrected chi connectivity index (χ3v) is 4.18. The maximum atomic E-state index is 5.95. The van der Waals surface area contributed by atoms with Gasteiger partial charge >= 0.3 is 0 Å². The van der Waals surface area contributed by atoms with Crippen LogP contribution in [0.1, 0.15) is 23.6 Å². The SMILES string of the molecule is Cc1ccc(OCC2CNCCC2c2ccccc2)cn1. The molecule has 0 radical (unpaired) electrons. The summed E-state index contributed by atoms with van der Waals surface area (Å²) in [4.78, 5) is 4.28. The van der Waals surface area contributed by atoms with Crippen molar-refractivity contribution in [2.45, 2.75) is 19.3 Å². The molecule has 3 heteroatoms. The van der Waals surface area contributed by atoms with Crippen molar-refractivity contribution < 1.29 is 4.74 Å². The highest BCUT2D eigenvalue weighted by molar-refractivity contribution is 5.22. The number of pyridine rings is 1. The maximum absolute atomic E-state index is 5.95. The number of aryl methyl sites for hydroxylation is 1. The molecule has 1 N–H and O–H groups in total. The summed E-state index contributed by atoms with van der Waals surface area (Å²) in [6.07, 6.45) is 2.98. The Morgan fingerprint density at radius 1 is 1.19 bits per heavy atom. The van der Waals surface area contributed by atoms with E-state index in [4.69, 9.17) is 4.74 Å². The minimum absolute atomic E-state index is 0.502. The second-order valence-corrected chi connectivity index (χ2v) is 5.72.